The average molecular weight is 273 g/mol. The van der Waals surface area contributed by atoms with E-state index in [1.165, 1.54) is 23.7 Å². The van der Waals surface area contributed by atoms with Gasteiger partial charge in [-0.1, -0.05) is 29.2 Å². The molecule has 1 aromatic heterocycles. The number of benzene rings is 2. The second-order valence-corrected chi connectivity index (χ2v) is 5.61. The molecule has 1 heterocycles. The van der Waals surface area contributed by atoms with E-state index in [-0.39, 0.29) is 11.4 Å². The summed E-state index contributed by atoms with van der Waals surface area (Å²) in [7, 11) is 0. The number of aromatic nitrogens is 1. The van der Waals surface area contributed by atoms with Crippen molar-refractivity contribution in [1.82, 2.24) is 3.96 Å². The molecule has 0 saturated carbocycles. The lowest BCUT2D eigenvalue weighted by Gasteiger charge is -2.05. The minimum Gasteiger partial charge on any atom is -0.267 e. The summed E-state index contributed by atoms with van der Waals surface area (Å²) in [5.41, 5.74) is 2.96. The van der Waals surface area contributed by atoms with Crippen LogP contribution in [0.3, 0.4) is 0 Å². The molecule has 4 heteroatoms. The molecule has 0 aliphatic heterocycles. The van der Waals surface area contributed by atoms with Gasteiger partial charge < -0.3 is 0 Å². The predicted octanol–water partition coefficient (Wildman–Crippen LogP) is 3.81. The standard InChI is InChI=1S/C15H12FNOS/c1-9-3-6-13(10(2)7-9)17-15(18)12-5-4-11(16)8-14(12)19-17/h3-8H,1-2H3. The molecule has 96 valence electrons. The van der Waals surface area contributed by atoms with Gasteiger partial charge in [-0.15, -0.1) is 0 Å². The van der Waals surface area contributed by atoms with Crippen LogP contribution < -0.4 is 5.56 Å². The van der Waals surface area contributed by atoms with Gasteiger partial charge in [-0.2, -0.15) is 0 Å². The van der Waals surface area contributed by atoms with E-state index in [0.717, 1.165) is 16.8 Å². The lowest BCUT2D eigenvalue weighted by Crippen LogP contribution is -2.11. The first-order valence-electron chi connectivity index (χ1n) is 5.95. The lowest BCUT2D eigenvalue weighted by molar-refractivity contribution is 0.630. The molecule has 0 fully saturated rings. The largest absolute Gasteiger partial charge is 0.273 e. The molecule has 0 saturated heterocycles. The van der Waals surface area contributed by atoms with Gasteiger partial charge in [-0.3, -0.25) is 4.79 Å². The van der Waals surface area contributed by atoms with Crippen molar-refractivity contribution in [2.45, 2.75) is 13.8 Å². The van der Waals surface area contributed by atoms with Gasteiger partial charge >= 0.3 is 0 Å². The highest BCUT2D eigenvalue weighted by molar-refractivity contribution is 7.14. The molecule has 19 heavy (non-hydrogen) atoms. The summed E-state index contributed by atoms with van der Waals surface area (Å²) in [6.45, 7) is 3.99. The Hall–Kier alpha value is -1.94. The maximum atomic E-state index is 13.2. The average Bonchev–Trinajstić information content (AvgIpc) is 2.66. The van der Waals surface area contributed by atoms with E-state index in [9.17, 15) is 9.18 Å². The number of hydrogen-bond acceptors (Lipinski definition) is 2. The Bertz CT molecular complexity index is 832. The first-order chi connectivity index (χ1) is 9.06. The third-order valence-electron chi connectivity index (χ3n) is 3.12. The second-order valence-electron chi connectivity index (χ2n) is 4.62. The molecule has 0 aliphatic rings. The smallest absolute Gasteiger partial charge is 0.267 e. The summed E-state index contributed by atoms with van der Waals surface area (Å²) in [6.07, 6.45) is 0. The van der Waals surface area contributed by atoms with E-state index in [2.05, 4.69) is 0 Å². The van der Waals surface area contributed by atoms with Gasteiger partial charge in [0.1, 0.15) is 5.82 Å². The third-order valence-corrected chi connectivity index (χ3v) is 4.20. The molecule has 0 N–H and O–H groups in total. The summed E-state index contributed by atoms with van der Waals surface area (Å²) in [6, 6.07) is 10.2. The van der Waals surface area contributed by atoms with Gasteiger partial charge in [0.25, 0.3) is 5.56 Å². The number of aryl methyl sites for hydroxylation is 2. The van der Waals surface area contributed by atoms with E-state index in [1.807, 2.05) is 32.0 Å². The van der Waals surface area contributed by atoms with Crippen molar-refractivity contribution in [1.29, 1.82) is 0 Å². The van der Waals surface area contributed by atoms with Gasteiger partial charge in [0.15, 0.2) is 0 Å². The highest BCUT2D eigenvalue weighted by atomic mass is 32.1. The molecular weight excluding hydrogens is 261 g/mol. The molecule has 2 nitrogen and oxygen atoms in total. The predicted molar refractivity (Wildman–Crippen MR) is 76.9 cm³/mol. The van der Waals surface area contributed by atoms with Crippen LogP contribution in [0.15, 0.2) is 41.2 Å². The third kappa shape index (κ3) is 1.98. The van der Waals surface area contributed by atoms with Crippen LogP contribution in [0, 0.1) is 19.7 Å². The van der Waals surface area contributed by atoms with E-state index in [4.69, 9.17) is 0 Å². The molecule has 2 aromatic carbocycles. The van der Waals surface area contributed by atoms with Crippen molar-refractivity contribution in [3.8, 4) is 5.69 Å². The minimum absolute atomic E-state index is 0.0908. The van der Waals surface area contributed by atoms with Crippen molar-refractivity contribution >= 4 is 21.6 Å². The van der Waals surface area contributed by atoms with Gasteiger partial charge in [0.2, 0.25) is 0 Å². The molecule has 0 spiro atoms. The number of halogens is 1. The van der Waals surface area contributed by atoms with Crippen LogP contribution in [-0.2, 0) is 0 Å². The van der Waals surface area contributed by atoms with Crippen LogP contribution in [0.25, 0.3) is 15.8 Å². The monoisotopic (exact) mass is 273 g/mol. The van der Waals surface area contributed by atoms with Crippen molar-refractivity contribution in [3.63, 3.8) is 0 Å². The molecule has 0 atom stereocenters. The number of nitrogens with zero attached hydrogens (tertiary/aromatic N) is 1. The first-order valence-corrected chi connectivity index (χ1v) is 6.73. The lowest BCUT2D eigenvalue weighted by atomic mass is 10.1. The van der Waals surface area contributed by atoms with Crippen molar-refractivity contribution in [3.05, 3.63) is 63.7 Å². The Kier molecular flexibility index (Phi) is 2.75. The molecule has 3 rings (SSSR count). The topological polar surface area (TPSA) is 22.0 Å². The highest BCUT2D eigenvalue weighted by Crippen LogP contribution is 2.23. The zero-order valence-corrected chi connectivity index (χ0v) is 11.4. The maximum Gasteiger partial charge on any atom is 0.273 e. The summed E-state index contributed by atoms with van der Waals surface area (Å²) in [4.78, 5) is 12.3. The van der Waals surface area contributed by atoms with E-state index < -0.39 is 0 Å². The number of hydrogen-bond donors (Lipinski definition) is 0. The van der Waals surface area contributed by atoms with E-state index >= 15 is 0 Å². The molecule has 0 unspecified atom stereocenters. The Labute approximate surface area is 113 Å². The van der Waals surface area contributed by atoms with Crippen molar-refractivity contribution in [2.75, 3.05) is 0 Å². The van der Waals surface area contributed by atoms with Gasteiger partial charge in [0, 0.05) is 0 Å². The fourth-order valence-electron chi connectivity index (χ4n) is 2.19. The molecule has 0 bridgehead atoms. The van der Waals surface area contributed by atoms with Crippen molar-refractivity contribution in [2.24, 2.45) is 0 Å². The summed E-state index contributed by atoms with van der Waals surface area (Å²) in [5.74, 6) is -0.318. The van der Waals surface area contributed by atoms with E-state index in [1.54, 1.807) is 10.0 Å². The summed E-state index contributed by atoms with van der Waals surface area (Å²) in [5, 5.41) is 0.561. The molecule has 0 radical (unpaired) electrons. The molecule has 0 aliphatic carbocycles. The normalized spacial score (nSPS) is 11.1. The summed E-state index contributed by atoms with van der Waals surface area (Å²) < 4.78 is 15.5. The first kappa shape index (κ1) is 12.1. The fourth-order valence-corrected chi connectivity index (χ4v) is 3.29. The summed E-state index contributed by atoms with van der Waals surface area (Å²) >= 11 is 1.28. The molecular formula is C15H12FNOS. The van der Waals surface area contributed by atoms with Gasteiger partial charge in [-0.05, 0) is 43.7 Å². The maximum absolute atomic E-state index is 13.2. The minimum atomic E-state index is -0.318. The zero-order valence-electron chi connectivity index (χ0n) is 10.6. The van der Waals surface area contributed by atoms with Crippen molar-refractivity contribution < 1.29 is 4.39 Å². The molecule has 0 amide bonds. The van der Waals surface area contributed by atoms with Crippen LogP contribution in [0.1, 0.15) is 11.1 Å². The number of rotatable bonds is 1. The van der Waals surface area contributed by atoms with Gasteiger partial charge in [0.05, 0.1) is 15.8 Å². The van der Waals surface area contributed by atoms with Crippen LogP contribution in [0.2, 0.25) is 0 Å². The molecule has 3 aromatic rings. The van der Waals surface area contributed by atoms with Crippen LogP contribution in [-0.4, -0.2) is 3.96 Å². The van der Waals surface area contributed by atoms with Crippen LogP contribution in [0.5, 0.6) is 0 Å². The number of fused-ring (bicyclic) bond motifs is 1. The van der Waals surface area contributed by atoms with Gasteiger partial charge in [-0.25, -0.2) is 8.35 Å². The van der Waals surface area contributed by atoms with E-state index in [0.29, 0.717) is 10.1 Å². The second kappa shape index (κ2) is 4.31. The SMILES string of the molecule is Cc1ccc(-n2sc3cc(F)ccc3c2=O)c(C)c1. The van der Waals surface area contributed by atoms with Crippen LogP contribution >= 0.6 is 11.5 Å². The fraction of sp³-hybridized carbons (Fsp3) is 0.133. The Morgan fingerprint density at radius 2 is 1.89 bits per heavy atom. The quantitative estimate of drug-likeness (QED) is 0.661. The Morgan fingerprint density at radius 1 is 1.11 bits per heavy atom. The Morgan fingerprint density at radius 3 is 2.63 bits per heavy atom. The Balaban J connectivity index is 2.31. The highest BCUT2D eigenvalue weighted by Gasteiger charge is 2.11. The van der Waals surface area contributed by atoms with Crippen LogP contribution in [0.4, 0.5) is 4.39 Å². The zero-order chi connectivity index (χ0) is 13.6.